The minimum absolute atomic E-state index is 0.0619. The number of anilines is 1. The van der Waals surface area contributed by atoms with Crippen molar-refractivity contribution in [3.05, 3.63) is 95.7 Å². The van der Waals surface area contributed by atoms with Gasteiger partial charge in [0.2, 0.25) is 0 Å². The first-order valence-electron chi connectivity index (χ1n) is 9.17. The zero-order chi connectivity index (χ0) is 21.1. The number of carbonyl (C=O) groups is 1. The average Bonchev–Trinajstić information content (AvgIpc) is 3.17. The molecule has 0 atom stereocenters. The summed E-state index contributed by atoms with van der Waals surface area (Å²) in [5.41, 5.74) is 1.18. The third-order valence-electron chi connectivity index (χ3n) is 4.60. The number of H-pyrrole nitrogens is 1. The molecule has 2 N–H and O–H groups in total. The lowest BCUT2D eigenvalue weighted by Crippen LogP contribution is -2.13. The van der Waals surface area contributed by atoms with Crippen LogP contribution in [-0.2, 0) is 12.8 Å². The number of nitrogens with one attached hydrogen (secondary N) is 2. The number of fused-ring (bicyclic) bond motifs is 1. The molecule has 0 fully saturated rings. The first-order valence-corrected chi connectivity index (χ1v) is 9.17. The van der Waals surface area contributed by atoms with E-state index in [1.807, 2.05) is 30.3 Å². The Morgan fingerprint density at radius 1 is 0.967 bits per heavy atom. The van der Waals surface area contributed by atoms with E-state index in [-0.39, 0.29) is 11.3 Å². The second-order valence-corrected chi connectivity index (χ2v) is 6.69. The first-order chi connectivity index (χ1) is 14.4. The maximum Gasteiger partial charge on any atom is 0.416 e. The van der Waals surface area contributed by atoms with Crippen LogP contribution in [0.4, 0.5) is 18.9 Å². The zero-order valence-electron chi connectivity index (χ0n) is 15.7. The van der Waals surface area contributed by atoms with E-state index in [1.54, 1.807) is 18.2 Å². The van der Waals surface area contributed by atoms with Crippen LogP contribution in [-0.4, -0.2) is 10.9 Å². The van der Waals surface area contributed by atoms with Crippen LogP contribution < -0.4 is 10.1 Å². The summed E-state index contributed by atoms with van der Waals surface area (Å²) in [4.78, 5) is 15.8. The van der Waals surface area contributed by atoms with Crippen LogP contribution in [0.3, 0.4) is 0 Å². The lowest BCUT2D eigenvalue weighted by atomic mass is 10.1. The van der Waals surface area contributed by atoms with E-state index < -0.39 is 17.6 Å². The molecule has 4 aromatic rings. The van der Waals surface area contributed by atoms with E-state index in [0.717, 1.165) is 17.7 Å². The number of halogens is 3. The van der Waals surface area contributed by atoms with Crippen molar-refractivity contribution in [2.45, 2.75) is 12.8 Å². The van der Waals surface area contributed by atoms with Gasteiger partial charge in [0.15, 0.2) is 0 Å². The van der Waals surface area contributed by atoms with Crippen molar-refractivity contribution in [3.8, 4) is 5.75 Å². The Morgan fingerprint density at radius 3 is 2.50 bits per heavy atom. The number of alkyl halides is 3. The van der Waals surface area contributed by atoms with Crippen LogP contribution in [0.2, 0.25) is 0 Å². The molecule has 0 unspecified atom stereocenters. The predicted octanol–water partition coefficient (Wildman–Crippen LogP) is 6.02. The number of aromatic amines is 1. The number of hydrogen-bond donors (Lipinski definition) is 2. The van der Waals surface area contributed by atoms with Gasteiger partial charge < -0.3 is 15.0 Å². The Hall–Kier alpha value is -3.74. The third-order valence-corrected chi connectivity index (χ3v) is 4.60. The Balaban J connectivity index is 1.60. The number of amides is 1. The number of carbonyl (C=O) groups excluding carboxylic acids is 1. The van der Waals surface area contributed by atoms with Crippen molar-refractivity contribution in [3.63, 3.8) is 0 Å². The molecule has 4 rings (SSSR count). The quantitative estimate of drug-likeness (QED) is 0.423. The summed E-state index contributed by atoms with van der Waals surface area (Å²) in [6.07, 6.45) is -2.97. The summed E-state index contributed by atoms with van der Waals surface area (Å²) in [7, 11) is 0. The predicted molar refractivity (Wildman–Crippen MR) is 108 cm³/mol. The number of aromatic nitrogens is 1. The van der Waals surface area contributed by atoms with Crippen LogP contribution in [0.25, 0.3) is 10.9 Å². The highest BCUT2D eigenvalue weighted by Gasteiger charge is 2.30. The Morgan fingerprint density at radius 2 is 1.73 bits per heavy atom. The van der Waals surface area contributed by atoms with Gasteiger partial charge in [0.1, 0.15) is 12.4 Å². The third kappa shape index (κ3) is 4.15. The lowest BCUT2D eigenvalue weighted by molar-refractivity contribution is -0.137. The Labute approximate surface area is 170 Å². The highest BCUT2D eigenvalue weighted by molar-refractivity contribution is 6.14. The second-order valence-electron chi connectivity index (χ2n) is 6.69. The molecular weight excluding hydrogens is 393 g/mol. The Kier molecular flexibility index (Phi) is 5.18. The normalized spacial score (nSPS) is 11.4. The molecule has 0 aliphatic rings. The molecule has 0 aliphatic carbocycles. The number of benzene rings is 3. The Bertz CT molecular complexity index is 1180. The van der Waals surface area contributed by atoms with E-state index in [9.17, 15) is 18.0 Å². The molecular formula is C23H17F3N2O2. The smallest absolute Gasteiger partial charge is 0.416 e. The molecule has 3 aromatic carbocycles. The maximum atomic E-state index is 12.9. The van der Waals surface area contributed by atoms with Crippen molar-refractivity contribution in [1.82, 2.24) is 4.98 Å². The molecule has 7 heteroatoms. The molecule has 30 heavy (non-hydrogen) atoms. The maximum absolute atomic E-state index is 12.9. The van der Waals surface area contributed by atoms with Gasteiger partial charge in [-0.3, -0.25) is 4.79 Å². The van der Waals surface area contributed by atoms with Gasteiger partial charge in [-0.1, -0.05) is 42.5 Å². The zero-order valence-corrected chi connectivity index (χ0v) is 15.7. The fourth-order valence-corrected chi connectivity index (χ4v) is 3.16. The molecule has 152 valence electrons. The molecule has 1 amide bonds. The fraction of sp³-hybridized carbons (Fsp3) is 0.0870. The van der Waals surface area contributed by atoms with E-state index in [0.29, 0.717) is 23.3 Å². The van der Waals surface area contributed by atoms with Crippen molar-refractivity contribution >= 4 is 22.5 Å². The van der Waals surface area contributed by atoms with E-state index in [2.05, 4.69) is 10.3 Å². The van der Waals surface area contributed by atoms with Crippen molar-refractivity contribution in [1.29, 1.82) is 0 Å². The van der Waals surface area contributed by atoms with Gasteiger partial charge >= 0.3 is 6.18 Å². The SMILES string of the molecule is O=C(Nc1cccc(C(F)(F)F)c1)c1c[nH]c2cccc(OCc3ccccc3)c12. The number of rotatable bonds is 5. The van der Waals surface area contributed by atoms with Crippen LogP contribution in [0.5, 0.6) is 5.75 Å². The molecule has 4 nitrogen and oxygen atoms in total. The number of hydrogen-bond acceptors (Lipinski definition) is 2. The van der Waals surface area contributed by atoms with E-state index >= 15 is 0 Å². The molecule has 0 saturated heterocycles. The van der Waals surface area contributed by atoms with Gasteiger partial charge in [-0.15, -0.1) is 0 Å². The van der Waals surface area contributed by atoms with E-state index in [1.165, 1.54) is 18.3 Å². The van der Waals surface area contributed by atoms with Crippen LogP contribution >= 0.6 is 0 Å². The molecule has 1 heterocycles. The molecule has 0 aliphatic heterocycles. The highest BCUT2D eigenvalue weighted by Crippen LogP contribution is 2.32. The molecule has 0 bridgehead atoms. The van der Waals surface area contributed by atoms with Gasteiger partial charge in [0, 0.05) is 17.4 Å². The largest absolute Gasteiger partial charge is 0.488 e. The molecule has 0 saturated carbocycles. The van der Waals surface area contributed by atoms with E-state index in [4.69, 9.17) is 4.74 Å². The van der Waals surface area contributed by atoms with Crippen LogP contribution in [0.15, 0.2) is 79.0 Å². The summed E-state index contributed by atoms with van der Waals surface area (Å²) in [6, 6.07) is 19.4. The lowest BCUT2D eigenvalue weighted by Gasteiger charge is -2.11. The average molecular weight is 410 g/mol. The van der Waals surface area contributed by atoms with Gasteiger partial charge in [-0.05, 0) is 35.9 Å². The van der Waals surface area contributed by atoms with Crippen LogP contribution in [0, 0.1) is 0 Å². The fourth-order valence-electron chi connectivity index (χ4n) is 3.16. The van der Waals surface area contributed by atoms with Gasteiger partial charge in [-0.2, -0.15) is 13.2 Å². The first kappa shape index (κ1) is 19.6. The van der Waals surface area contributed by atoms with Gasteiger partial charge in [-0.25, -0.2) is 0 Å². The van der Waals surface area contributed by atoms with Crippen molar-refractivity contribution in [2.24, 2.45) is 0 Å². The standard InChI is InChI=1S/C23H17F3N2O2/c24-23(25,26)16-8-4-9-17(12-16)28-22(29)18-13-27-19-10-5-11-20(21(18)19)30-14-15-6-2-1-3-7-15/h1-13,27H,14H2,(H,28,29). The summed E-state index contributed by atoms with van der Waals surface area (Å²) < 4.78 is 44.7. The van der Waals surface area contributed by atoms with Gasteiger partial charge in [0.25, 0.3) is 5.91 Å². The second kappa shape index (κ2) is 7.94. The highest BCUT2D eigenvalue weighted by atomic mass is 19.4. The topological polar surface area (TPSA) is 54.1 Å². The van der Waals surface area contributed by atoms with Gasteiger partial charge in [0.05, 0.1) is 16.5 Å². The molecule has 0 radical (unpaired) electrons. The minimum atomic E-state index is -4.49. The number of ether oxygens (including phenoxy) is 1. The summed E-state index contributed by atoms with van der Waals surface area (Å²) in [5, 5.41) is 3.10. The van der Waals surface area contributed by atoms with Crippen molar-refractivity contribution < 1.29 is 22.7 Å². The molecule has 0 spiro atoms. The summed E-state index contributed by atoms with van der Waals surface area (Å²) >= 11 is 0. The molecule has 1 aromatic heterocycles. The minimum Gasteiger partial charge on any atom is -0.488 e. The summed E-state index contributed by atoms with van der Waals surface area (Å²) in [5.74, 6) is -0.0249. The monoisotopic (exact) mass is 410 g/mol. The van der Waals surface area contributed by atoms with Crippen LogP contribution in [0.1, 0.15) is 21.5 Å². The summed E-state index contributed by atoms with van der Waals surface area (Å²) in [6.45, 7) is 0.319. The van der Waals surface area contributed by atoms with Crippen molar-refractivity contribution in [2.75, 3.05) is 5.32 Å².